The lowest BCUT2D eigenvalue weighted by Gasteiger charge is -2.05. The van der Waals surface area contributed by atoms with Gasteiger partial charge in [0.05, 0.1) is 23.1 Å². The Morgan fingerprint density at radius 2 is 1.52 bits per heavy atom. The van der Waals surface area contributed by atoms with Gasteiger partial charge in [0.15, 0.2) is 0 Å². The first-order valence-electron chi connectivity index (χ1n) is 8.41. The zero-order valence-electron chi connectivity index (χ0n) is 13.5. The van der Waals surface area contributed by atoms with Gasteiger partial charge < -0.3 is 4.57 Å². The van der Waals surface area contributed by atoms with Crippen molar-refractivity contribution in [2.24, 2.45) is 0 Å². The lowest BCUT2D eigenvalue weighted by Crippen LogP contribution is -2.03. The van der Waals surface area contributed by atoms with E-state index in [2.05, 4.69) is 15.6 Å². The van der Waals surface area contributed by atoms with E-state index >= 15 is 0 Å². The van der Waals surface area contributed by atoms with Crippen LogP contribution in [0.1, 0.15) is 51.4 Å². The number of nitrogens with zero attached hydrogens (tertiary/aromatic N) is 2. The van der Waals surface area contributed by atoms with Crippen molar-refractivity contribution in [3.8, 4) is 0 Å². The highest BCUT2D eigenvalue weighted by Gasteiger charge is 2.03. The number of unbranched alkanes of at least 4 members (excludes halogenated alkanes) is 7. The summed E-state index contributed by atoms with van der Waals surface area (Å²) in [7, 11) is -3.77. The molecule has 0 bridgehead atoms. The highest BCUT2D eigenvalue weighted by Crippen LogP contribution is 2.14. The van der Waals surface area contributed by atoms with Crippen molar-refractivity contribution in [2.45, 2.75) is 57.9 Å². The van der Waals surface area contributed by atoms with Gasteiger partial charge in [-0.2, -0.15) is 8.42 Å². The first-order chi connectivity index (χ1) is 11.1. The third kappa shape index (κ3) is 6.71. The first-order valence-corrected chi connectivity index (χ1v) is 10.0. The molecule has 6 heteroatoms. The van der Waals surface area contributed by atoms with Crippen LogP contribution in [0.25, 0.3) is 11.0 Å². The molecule has 0 aliphatic heterocycles. The fourth-order valence-corrected chi connectivity index (χ4v) is 3.38. The van der Waals surface area contributed by atoms with E-state index in [1.54, 1.807) is 0 Å². The molecule has 0 saturated heterocycles. The summed E-state index contributed by atoms with van der Waals surface area (Å²) < 4.78 is 32.0. The summed E-state index contributed by atoms with van der Waals surface area (Å²) in [4.78, 5) is 4.40. The molecule has 0 spiro atoms. The smallest absolute Gasteiger partial charge is 0.264 e. The number of imidazole rings is 1. The Labute approximate surface area is 138 Å². The predicted octanol–water partition coefficient (Wildman–Crippen LogP) is 4.04. The molecule has 23 heavy (non-hydrogen) atoms. The van der Waals surface area contributed by atoms with Crippen LogP contribution in [0.5, 0.6) is 0 Å². The normalized spacial score (nSPS) is 12.0. The van der Waals surface area contributed by atoms with Crippen LogP contribution < -0.4 is 0 Å². The van der Waals surface area contributed by atoms with E-state index < -0.39 is 10.1 Å². The van der Waals surface area contributed by atoms with Crippen LogP contribution in [0.15, 0.2) is 30.6 Å². The number of aryl methyl sites for hydroxylation is 1. The maximum Gasteiger partial charge on any atom is 0.264 e. The van der Waals surface area contributed by atoms with Gasteiger partial charge in [-0.25, -0.2) is 4.98 Å². The van der Waals surface area contributed by atoms with Crippen LogP contribution >= 0.6 is 0 Å². The molecule has 128 valence electrons. The Bertz CT molecular complexity index is 695. The quantitative estimate of drug-likeness (QED) is 0.496. The summed E-state index contributed by atoms with van der Waals surface area (Å²) in [5.41, 5.74) is 2.25. The van der Waals surface area contributed by atoms with Gasteiger partial charge in [0.25, 0.3) is 10.1 Å². The van der Waals surface area contributed by atoms with E-state index in [-0.39, 0.29) is 5.75 Å². The number of para-hydroxylation sites is 2. The molecule has 0 radical (unpaired) electrons. The number of hydrogen-bond acceptors (Lipinski definition) is 3. The van der Waals surface area contributed by atoms with Crippen LogP contribution in [-0.2, 0) is 16.7 Å². The monoisotopic (exact) mass is 338 g/mol. The lowest BCUT2D eigenvalue weighted by molar-refractivity contribution is 0.478. The molecule has 1 aromatic carbocycles. The van der Waals surface area contributed by atoms with E-state index in [4.69, 9.17) is 4.55 Å². The fraction of sp³-hybridized carbons (Fsp3) is 0.588. The summed E-state index contributed by atoms with van der Waals surface area (Å²) in [6, 6.07) is 8.20. The van der Waals surface area contributed by atoms with E-state index in [1.165, 1.54) is 24.8 Å². The standard InChI is InChI=1S/C17H26N2O3S/c20-23(21,22)14-10-6-4-2-1-3-5-9-13-19-15-18-16-11-7-8-12-17(16)19/h7-8,11-12,15H,1-6,9-10,13-14H2,(H,20,21,22). The SMILES string of the molecule is O=S(=O)(O)CCCCCCCCCCn1cnc2ccccc21. The molecule has 1 N–H and O–H groups in total. The molecular weight excluding hydrogens is 312 g/mol. The summed E-state index contributed by atoms with van der Waals surface area (Å²) in [5.74, 6) is -0.105. The third-order valence-electron chi connectivity index (χ3n) is 4.08. The molecule has 1 aromatic heterocycles. The Kier molecular flexibility index (Phi) is 7.05. The Morgan fingerprint density at radius 1 is 0.913 bits per heavy atom. The molecular formula is C17H26N2O3S. The van der Waals surface area contributed by atoms with Crippen LogP contribution in [0.3, 0.4) is 0 Å². The maximum absolute atomic E-state index is 10.6. The summed E-state index contributed by atoms with van der Waals surface area (Å²) in [6.07, 6.45) is 10.3. The summed E-state index contributed by atoms with van der Waals surface area (Å²) in [6.45, 7) is 1.01. The number of rotatable bonds is 11. The second-order valence-electron chi connectivity index (χ2n) is 6.04. The molecule has 0 fully saturated rings. The van der Waals surface area contributed by atoms with Gasteiger partial charge in [0.1, 0.15) is 0 Å². The van der Waals surface area contributed by atoms with Crippen molar-refractivity contribution in [3.05, 3.63) is 30.6 Å². The van der Waals surface area contributed by atoms with E-state index in [0.717, 1.165) is 37.7 Å². The molecule has 5 nitrogen and oxygen atoms in total. The highest BCUT2D eigenvalue weighted by atomic mass is 32.2. The van der Waals surface area contributed by atoms with Crippen molar-refractivity contribution in [2.75, 3.05) is 5.75 Å². The molecule has 0 atom stereocenters. The average Bonchev–Trinajstić information content (AvgIpc) is 2.91. The second kappa shape index (κ2) is 9.03. The minimum Gasteiger partial charge on any atom is -0.331 e. The Balaban J connectivity index is 1.50. The van der Waals surface area contributed by atoms with Gasteiger partial charge in [-0.1, -0.05) is 50.7 Å². The molecule has 2 aromatic rings. The largest absolute Gasteiger partial charge is 0.331 e. The minimum absolute atomic E-state index is 0.105. The van der Waals surface area contributed by atoms with Gasteiger partial charge >= 0.3 is 0 Å². The van der Waals surface area contributed by atoms with Crippen molar-refractivity contribution in [1.82, 2.24) is 9.55 Å². The minimum atomic E-state index is -3.77. The van der Waals surface area contributed by atoms with Crippen LogP contribution in [-0.4, -0.2) is 28.3 Å². The topological polar surface area (TPSA) is 72.2 Å². The molecule has 0 amide bonds. The third-order valence-corrected chi connectivity index (χ3v) is 4.88. The number of fused-ring (bicyclic) bond motifs is 1. The molecule has 2 rings (SSSR count). The van der Waals surface area contributed by atoms with Gasteiger partial charge in [0.2, 0.25) is 0 Å². The number of hydrogen-bond donors (Lipinski definition) is 1. The van der Waals surface area contributed by atoms with Gasteiger partial charge in [-0.05, 0) is 25.0 Å². The first kappa shape index (κ1) is 17.9. The van der Waals surface area contributed by atoms with Crippen molar-refractivity contribution >= 4 is 21.2 Å². The zero-order valence-corrected chi connectivity index (χ0v) is 14.3. The highest BCUT2D eigenvalue weighted by molar-refractivity contribution is 7.85. The maximum atomic E-state index is 10.6. The van der Waals surface area contributed by atoms with Crippen molar-refractivity contribution in [3.63, 3.8) is 0 Å². The molecule has 0 aliphatic rings. The second-order valence-corrected chi connectivity index (χ2v) is 7.61. The Hall–Kier alpha value is -1.40. The van der Waals surface area contributed by atoms with Gasteiger partial charge in [-0.3, -0.25) is 4.55 Å². The van der Waals surface area contributed by atoms with E-state index in [0.29, 0.717) is 6.42 Å². The molecule has 0 unspecified atom stereocenters. The molecule has 1 heterocycles. The number of benzene rings is 1. The number of aromatic nitrogens is 2. The fourth-order valence-electron chi connectivity index (χ4n) is 2.82. The van der Waals surface area contributed by atoms with Crippen molar-refractivity contribution < 1.29 is 13.0 Å². The zero-order chi connectivity index (χ0) is 16.5. The van der Waals surface area contributed by atoms with Gasteiger partial charge in [-0.15, -0.1) is 0 Å². The molecule has 0 aliphatic carbocycles. The van der Waals surface area contributed by atoms with Crippen molar-refractivity contribution in [1.29, 1.82) is 0 Å². The van der Waals surface area contributed by atoms with Crippen LogP contribution in [0.2, 0.25) is 0 Å². The Morgan fingerprint density at radius 3 is 2.22 bits per heavy atom. The van der Waals surface area contributed by atoms with Crippen LogP contribution in [0.4, 0.5) is 0 Å². The molecule has 0 saturated carbocycles. The van der Waals surface area contributed by atoms with E-state index in [9.17, 15) is 8.42 Å². The lowest BCUT2D eigenvalue weighted by atomic mass is 10.1. The summed E-state index contributed by atoms with van der Waals surface area (Å²) in [5, 5.41) is 0. The van der Waals surface area contributed by atoms with E-state index in [1.807, 2.05) is 24.5 Å². The average molecular weight is 338 g/mol. The van der Waals surface area contributed by atoms with Crippen LogP contribution in [0, 0.1) is 0 Å². The van der Waals surface area contributed by atoms with Gasteiger partial charge in [0, 0.05) is 6.54 Å². The predicted molar refractivity (Wildman–Crippen MR) is 93.1 cm³/mol. The summed E-state index contributed by atoms with van der Waals surface area (Å²) >= 11 is 0.